The van der Waals surface area contributed by atoms with Crippen LogP contribution in [0.4, 0.5) is 11.4 Å². The van der Waals surface area contributed by atoms with Gasteiger partial charge in [0.05, 0.1) is 5.41 Å². The molecule has 0 unspecified atom stereocenters. The van der Waals surface area contributed by atoms with Crippen molar-refractivity contribution < 1.29 is 4.58 Å². The third-order valence-electron chi connectivity index (χ3n) is 5.61. The maximum Gasteiger partial charge on any atom is 0.209 e. The molecule has 128 valence electrons. The van der Waals surface area contributed by atoms with E-state index >= 15 is 0 Å². The highest BCUT2D eigenvalue weighted by molar-refractivity contribution is 6.10. The summed E-state index contributed by atoms with van der Waals surface area (Å²) in [5.74, 6) is 0. The molecular weight excluding hydrogens is 304 g/mol. The number of rotatable bonds is 2. The zero-order chi connectivity index (χ0) is 17.6. The Morgan fingerprint density at radius 1 is 1.00 bits per heavy atom. The molecule has 25 heavy (non-hydrogen) atoms. The van der Waals surface area contributed by atoms with Crippen LogP contribution in [0.5, 0.6) is 0 Å². The van der Waals surface area contributed by atoms with Crippen molar-refractivity contribution in [2.45, 2.75) is 32.1 Å². The van der Waals surface area contributed by atoms with E-state index in [0.29, 0.717) is 0 Å². The molecule has 0 radical (unpaired) electrons. The standard InChI is InChI=1S/C23H27N2/c1-23(2)20-9-5-6-10-21(20)25-15-7-8-18(22(23)25)16-17-11-13-19(14-12-17)24(3)4/h5-6,9-14,16H,7-8,15H2,1-4H3/q+1. The summed E-state index contributed by atoms with van der Waals surface area (Å²) < 4.78 is 2.55. The molecule has 0 aliphatic carbocycles. The largest absolute Gasteiger partial charge is 0.378 e. The summed E-state index contributed by atoms with van der Waals surface area (Å²) in [5, 5.41) is 0. The molecule has 0 atom stereocenters. The smallest absolute Gasteiger partial charge is 0.209 e. The Kier molecular flexibility index (Phi) is 3.79. The Labute approximate surface area is 151 Å². The van der Waals surface area contributed by atoms with Gasteiger partial charge in [0.15, 0.2) is 5.71 Å². The van der Waals surface area contributed by atoms with E-state index in [-0.39, 0.29) is 5.41 Å². The molecule has 4 rings (SSSR count). The van der Waals surface area contributed by atoms with Crippen molar-refractivity contribution in [3.8, 4) is 0 Å². The first-order valence-corrected chi connectivity index (χ1v) is 9.21. The fraction of sp³-hybridized carbons (Fsp3) is 0.348. The van der Waals surface area contributed by atoms with Crippen LogP contribution in [-0.2, 0) is 5.41 Å². The van der Waals surface area contributed by atoms with E-state index in [9.17, 15) is 0 Å². The minimum Gasteiger partial charge on any atom is -0.378 e. The topological polar surface area (TPSA) is 6.25 Å². The van der Waals surface area contributed by atoms with Crippen molar-refractivity contribution >= 4 is 23.2 Å². The lowest BCUT2D eigenvalue weighted by molar-refractivity contribution is -0.441. The van der Waals surface area contributed by atoms with E-state index in [2.05, 4.69) is 92.0 Å². The van der Waals surface area contributed by atoms with Crippen molar-refractivity contribution in [1.82, 2.24) is 0 Å². The number of hydrogen-bond donors (Lipinski definition) is 0. The van der Waals surface area contributed by atoms with E-state index in [4.69, 9.17) is 0 Å². The molecule has 2 aliphatic heterocycles. The molecule has 2 aliphatic rings. The highest BCUT2D eigenvalue weighted by Gasteiger charge is 2.48. The second-order valence-electron chi connectivity index (χ2n) is 7.90. The van der Waals surface area contributed by atoms with E-state index in [1.165, 1.54) is 46.6 Å². The summed E-state index contributed by atoms with van der Waals surface area (Å²) in [6.45, 7) is 5.87. The lowest BCUT2D eigenvalue weighted by atomic mass is 9.77. The molecule has 0 fully saturated rings. The lowest BCUT2D eigenvalue weighted by Gasteiger charge is -2.22. The minimum absolute atomic E-state index is 0.0758. The van der Waals surface area contributed by atoms with Crippen molar-refractivity contribution in [3.63, 3.8) is 0 Å². The summed E-state index contributed by atoms with van der Waals surface area (Å²) in [5.41, 5.74) is 8.46. The highest BCUT2D eigenvalue weighted by atomic mass is 15.1. The Balaban J connectivity index is 1.78. The maximum absolute atomic E-state index is 2.55. The van der Waals surface area contributed by atoms with Gasteiger partial charge in [0.1, 0.15) is 6.54 Å². The Bertz CT molecular complexity index is 867. The number of para-hydroxylation sites is 1. The quantitative estimate of drug-likeness (QED) is 0.701. The monoisotopic (exact) mass is 331 g/mol. The first-order valence-electron chi connectivity index (χ1n) is 9.21. The molecule has 0 spiro atoms. The number of hydrogen-bond acceptors (Lipinski definition) is 1. The van der Waals surface area contributed by atoms with Gasteiger partial charge in [-0.3, -0.25) is 0 Å². The predicted octanol–water partition coefficient (Wildman–Crippen LogP) is 5.01. The molecule has 0 bridgehead atoms. The van der Waals surface area contributed by atoms with Gasteiger partial charge < -0.3 is 4.90 Å². The van der Waals surface area contributed by atoms with Crippen LogP contribution in [0.3, 0.4) is 0 Å². The average Bonchev–Trinajstić information content (AvgIpc) is 2.85. The van der Waals surface area contributed by atoms with Gasteiger partial charge in [-0.05, 0) is 44.0 Å². The van der Waals surface area contributed by atoms with Crippen molar-refractivity contribution in [2.24, 2.45) is 0 Å². The van der Waals surface area contributed by atoms with E-state index in [1.54, 1.807) is 0 Å². The van der Waals surface area contributed by atoms with Gasteiger partial charge >= 0.3 is 0 Å². The number of allylic oxidation sites excluding steroid dienone is 1. The fourth-order valence-electron chi connectivity index (χ4n) is 4.39. The van der Waals surface area contributed by atoms with Crippen LogP contribution in [0.25, 0.3) is 6.08 Å². The minimum atomic E-state index is 0.0758. The zero-order valence-corrected chi connectivity index (χ0v) is 15.7. The molecule has 2 aromatic carbocycles. The number of benzene rings is 2. The SMILES string of the molecule is CN(C)c1ccc(/C=C2\CCC[N+]3=C2C(C)(C)c2ccccc23)cc1. The Morgan fingerprint density at radius 2 is 1.72 bits per heavy atom. The first-order chi connectivity index (χ1) is 12.0. The van der Waals surface area contributed by atoms with Crippen molar-refractivity contribution in [2.75, 3.05) is 25.5 Å². The summed E-state index contributed by atoms with van der Waals surface area (Å²) in [7, 11) is 4.17. The molecular formula is C23H27N2+. The van der Waals surface area contributed by atoms with E-state index < -0.39 is 0 Å². The molecule has 0 amide bonds. The van der Waals surface area contributed by atoms with Crippen molar-refractivity contribution in [1.29, 1.82) is 0 Å². The molecule has 2 aromatic rings. The Hall–Kier alpha value is -2.35. The van der Waals surface area contributed by atoms with Crippen LogP contribution in [0.1, 0.15) is 37.8 Å². The molecule has 0 saturated heterocycles. The van der Waals surface area contributed by atoms with Crippen LogP contribution in [-0.4, -0.2) is 30.9 Å². The third kappa shape index (κ3) is 2.60. The summed E-state index contributed by atoms with van der Waals surface area (Å²) in [6.07, 6.45) is 4.78. The van der Waals surface area contributed by atoms with Crippen LogP contribution < -0.4 is 4.90 Å². The van der Waals surface area contributed by atoms with Gasteiger partial charge in [-0.15, -0.1) is 0 Å². The van der Waals surface area contributed by atoms with Gasteiger partial charge in [-0.1, -0.05) is 30.3 Å². The molecule has 2 heteroatoms. The number of nitrogens with zero attached hydrogens (tertiary/aromatic N) is 2. The number of anilines is 1. The average molecular weight is 331 g/mol. The molecule has 0 N–H and O–H groups in total. The molecule has 0 aromatic heterocycles. The van der Waals surface area contributed by atoms with Crippen LogP contribution in [0.2, 0.25) is 0 Å². The van der Waals surface area contributed by atoms with Gasteiger partial charge in [-0.2, -0.15) is 4.58 Å². The van der Waals surface area contributed by atoms with E-state index in [0.717, 1.165) is 6.54 Å². The molecule has 2 nitrogen and oxygen atoms in total. The maximum atomic E-state index is 2.55. The Morgan fingerprint density at radius 3 is 2.44 bits per heavy atom. The van der Waals surface area contributed by atoms with Gasteiger partial charge in [0.2, 0.25) is 5.69 Å². The summed E-state index contributed by atoms with van der Waals surface area (Å²) in [4.78, 5) is 2.14. The summed E-state index contributed by atoms with van der Waals surface area (Å²) >= 11 is 0. The third-order valence-corrected chi connectivity index (χ3v) is 5.61. The second-order valence-corrected chi connectivity index (χ2v) is 7.90. The van der Waals surface area contributed by atoms with Crippen LogP contribution >= 0.6 is 0 Å². The zero-order valence-electron chi connectivity index (χ0n) is 15.7. The fourth-order valence-corrected chi connectivity index (χ4v) is 4.39. The lowest BCUT2D eigenvalue weighted by Crippen LogP contribution is -2.33. The molecule has 2 heterocycles. The molecule has 0 saturated carbocycles. The summed E-state index contributed by atoms with van der Waals surface area (Å²) in [6, 6.07) is 17.8. The predicted molar refractivity (Wildman–Crippen MR) is 107 cm³/mol. The second kappa shape index (κ2) is 5.87. The first kappa shape index (κ1) is 16.1. The number of fused-ring (bicyclic) bond motifs is 2. The normalized spacial score (nSPS) is 19.8. The highest BCUT2D eigenvalue weighted by Crippen LogP contribution is 2.44. The van der Waals surface area contributed by atoms with Gasteiger partial charge in [-0.25, -0.2) is 0 Å². The van der Waals surface area contributed by atoms with Gasteiger partial charge in [0.25, 0.3) is 0 Å². The van der Waals surface area contributed by atoms with E-state index in [1.807, 2.05) is 0 Å². The van der Waals surface area contributed by atoms with Crippen LogP contribution in [0, 0.1) is 0 Å². The van der Waals surface area contributed by atoms with Crippen molar-refractivity contribution in [3.05, 3.63) is 65.2 Å². The van der Waals surface area contributed by atoms with Crippen LogP contribution in [0.15, 0.2) is 54.1 Å². The van der Waals surface area contributed by atoms with Gasteiger partial charge in [0, 0.05) is 43.4 Å².